The lowest BCUT2D eigenvalue weighted by molar-refractivity contribution is 0.368. The summed E-state index contributed by atoms with van der Waals surface area (Å²) < 4.78 is 0. The number of hydrogen-bond donors (Lipinski definition) is 6. The van der Waals surface area contributed by atoms with E-state index in [1.165, 1.54) is 24.3 Å². The number of phenolic OH excluding ortho intramolecular Hbond substituents is 6. The van der Waals surface area contributed by atoms with E-state index in [9.17, 15) is 30.6 Å². The number of hydrogen-bond acceptors (Lipinski definition) is 6. The predicted molar refractivity (Wildman–Crippen MR) is 115 cm³/mol. The maximum absolute atomic E-state index is 10.6. The van der Waals surface area contributed by atoms with E-state index >= 15 is 0 Å². The van der Waals surface area contributed by atoms with Gasteiger partial charge in [-0.2, -0.15) is 0 Å². The third-order valence-electron chi connectivity index (χ3n) is 5.31. The summed E-state index contributed by atoms with van der Waals surface area (Å²) in [7, 11) is 0. The summed E-state index contributed by atoms with van der Waals surface area (Å²) in [5.74, 6) is -3.11. The number of aromatic hydroxyl groups is 6. The number of benzene rings is 3. The molecule has 0 aromatic heterocycles. The van der Waals surface area contributed by atoms with Gasteiger partial charge >= 0.3 is 0 Å². The third-order valence-corrected chi connectivity index (χ3v) is 5.31. The Bertz CT molecular complexity index is 1030. The van der Waals surface area contributed by atoms with Crippen LogP contribution in [-0.2, 0) is 0 Å². The fraction of sp³-hybridized carbons (Fsp3) is 0.250. The van der Waals surface area contributed by atoms with Gasteiger partial charge in [0.05, 0.1) is 0 Å². The van der Waals surface area contributed by atoms with Crippen molar-refractivity contribution in [2.75, 3.05) is 0 Å². The first-order chi connectivity index (χ1) is 14.1. The molecule has 6 heteroatoms. The molecule has 0 fully saturated rings. The third kappa shape index (κ3) is 3.34. The van der Waals surface area contributed by atoms with Crippen molar-refractivity contribution >= 4 is 0 Å². The van der Waals surface area contributed by atoms with Crippen molar-refractivity contribution < 1.29 is 30.6 Å². The van der Waals surface area contributed by atoms with E-state index in [-0.39, 0.29) is 23.0 Å². The second-order valence-electron chi connectivity index (χ2n) is 7.96. The summed E-state index contributed by atoms with van der Waals surface area (Å²) in [4.78, 5) is 0. The van der Waals surface area contributed by atoms with Crippen LogP contribution in [-0.4, -0.2) is 30.6 Å². The Morgan fingerprint density at radius 1 is 0.467 bits per heavy atom. The zero-order chi connectivity index (χ0) is 22.3. The Kier molecular flexibility index (Phi) is 5.44. The molecule has 0 aliphatic heterocycles. The van der Waals surface area contributed by atoms with E-state index in [2.05, 4.69) is 0 Å². The Balaban J connectivity index is 2.55. The van der Waals surface area contributed by atoms with Gasteiger partial charge in [-0.05, 0) is 58.4 Å². The monoisotopic (exact) mass is 410 g/mol. The van der Waals surface area contributed by atoms with Crippen LogP contribution >= 0.6 is 0 Å². The normalized spacial score (nSPS) is 11.4. The fourth-order valence-electron chi connectivity index (χ4n) is 3.72. The van der Waals surface area contributed by atoms with Crippen molar-refractivity contribution in [3.63, 3.8) is 0 Å². The summed E-state index contributed by atoms with van der Waals surface area (Å²) in [5.41, 5.74) is 3.34. The summed E-state index contributed by atoms with van der Waals surface area (Å²) in [5, 5.41) is 61.1. The predicted octanol–water partition coefficient (Wildman–Crippen LogP) is 5.50. The van der Waals surface area contributed by atoms with Crippen molar-refractivity contribution in [1.82, 2.24) is 0 Å². The molecule has 6 nitrogen and oxygen atoms in total. The van der Waals surface area contributed by atoms with Gasteiger partial charge in [-0.15, -0.1) is 0 Å². The lowest BCUT2D eigenvalue weighted by Crippen LogP contribution is -2.02. The van der Waals surface area contributed by atoms with E-state index in [1.807, 2.05) is 39.8 Å². The van der Waals surface area contributed by atoms with Crippen molar-refractivity contribution in [2.24, 2.45) is 0 Å². The molecular formula is C24H26O6. The highest BCUT2D eigenvalue weighted by molar-refractivity contribution is 5.94. The maximum Gasteiger partial charge on any atom is 0.200 e. The molecule has 0 atom stereocenters. The van der Waals surface area contributed by atoms with Crippen LogP contribution in [0.5, 0.6) is 34.5 Å². The van der Waals surface area contributed by atoms with Gasteiger partial charge in [0.15, 0.2) is 23.0 Å². The van der Waals surface area contributed by atoms with Crippen molar-refractivity contribution in [1.29, 1.82) is 0 Å². The molecule has 30 heavy (non-hydrogen) atoms. The van der Waals surface area contributed by atoms with Gasteiger partial charge in [-0.25, -0.2) is 0 Å². The van der Waals surface area contributed by atoms with E-state index in [1.54, 1.807) is 0 Å². The van der Waals surface area contributed by atoms with Crippen LogP contribution in [0, 0.1) is 0 Å². The van der Waals surface area contributed by atoms with Crippen LogP contribution in [0.25, 0.3) is 22.3 Å². The Morgan fingerprint density at radius 3 is 1.10 bits per heavy atom. The molecule has 0 amide bonds. The first-order valence-electron chi connectivity index (χ1n) is 9.71. The standard InChI is InChI=1S/C24H26O6/c1-11(2)13-5-6-14(12(3)4)20(16-8-10-18(26)24(30)22(16)28)19(13)15-7-9-17(25)23(29)21(15)27/h5-12,25-30H,1-4H3. The van der Waals surface area contributed by atoms with Gasteiger partial charge in [0, 0.05) is 11.1 Å². The molecule has 0 radical (unpaired) electrons. The van der Waals surface area contributed by atoms with E-state index in [0.29, 0.717) is 11.1 Å². The SMILES string of the molecule is CC(C)c1ccc(C(C)C)c(-c2ccc(O)c(O)c2O)c1-c1ccc(O)c(O)c1O. The first kappa shape index (κ1) is 21.2. The molecule has 0 saturated heterocycles. The van der Waals surface area contributed by atoms with Gasteiger partial charge in [-0.1, -0.05) is 39.8 Å². The van der Waals surface area contributed by atoms with Crippen molar-refractivity contribution in [3.05, 3.63) is 47.5 Å². The lowest BCUT2D eigenvalue weighted by atomic mass is 9.80. The Labute approximate surface area is 175 Å². The quantitative estimate of drug-likeness (QED) is 0.316. The molecule has 0 spiro atoms. The molecule has 0 aliphatic carbocycles. The molecule has 0 saturated carbocycles. The average Bonchev–Trinajstić information content (AvgIpc) is 2.69. The van der Waals surface area contributed by atoms with Crippen LogP contribution in [0.1, 0.15) is 50.7 Å². The fourth-order valence-corrected chi connectivity index (χ4v) is 3.72. The zero-order valence-corrected chi connectivity index (χ0v) is 17.3. The first-order valence-corrected chi connectivity index (χ1v) is 9.71. The van der Waals surface area contributed by atoms with Crippen LogP contribution in [0.15, 0.2) is 36.4 Å². The highest BCUT2D eigenvalue weighted by Gasteiger charge is 2.26. The highest BCUT2D eigenvalue weighted by atomic mass is 16.3. The number of rotatable bonds is 4. The molecule has 3 aromatic carbocycles. The summed E-state index contributed by atoms with van der Waals surface area (Å²) >= 11 is 0. The molecule has 3 rings (SSSR count). The zero-order valence-electron chi connectivity index (χ0n) is 17.3. The van der Waals surface area contributed by atoms with Gasteiger partial charge in [-0.3, -0.25) is 0 Å². The number of phenols is 6. The molecule has 6 N–H and O–H groups in total. The summed E-state index contributed by atoms with van der Waals surface area (Å²) in [6.07, 6.45) is 0. The van der Waals surface area contributed by atoms with Gasteiger partial charge in [0.2, 0.25) is 11.5 Å². The molecule has 3 aromatic rings. The lowest BCUT2D eigenvalue weighted by Gasteiger charge is -2.24. The van der Waals surface area contributed by atoms with Crippen molar-refractivity contribution in [3.8, 4) is 56.8 Å². The van der Waals surface area contributed by atoms with Crippen LogP contribution in [0.3, 0.4) is 0 Å². The highest BCUT2D eigenvalue weighted by Crippen LogP contribution is 2.52. The molecule has 0 heterocycles. The minimum absolute atomic E-state index is 0.0168. The Hall–Kier alpha value is -3.54. The second-order valence-corrected chi connectivity index (χ2v) is 7.96. The largest absolute Gasteiger partial charge is 0.504 e. The van der Waals surface area contributed by atoms with E-state index < -0.39 is 34.5 Å². The Morgan fingerprint density at radius 2 is 0.800 bits per heavy atom. The molecular weight excluding hydrogens is 384 g/mol. The molecule has 0 aliphatic rings. The molecule has 0 unspecified atom stereocenters. The van der Waals surface area contributed by atoms with Gasteiger partial charge in [0.1, 0.15) is 0 Å². The topological polar surface area (TPSA) is 121 Å². The molecule has 0 bridgehead atoms. The maximum atomic E-state index is 10.6. The van der Waals surface area contributed by atoms with Gasteiger partial charge in [0.25, 0.3) is 0 Å². The van der Waals surface area contributed by atoms with Gasteiger partial charge < -0.3 is 30.6 Å². The molecule has 158 valence electrons. The van der Waals surface area contributed by atoms with Crippen LogP contribution in [0.4, 0.5) is 0 Å². The minimum Gasteiger partial charge on any atom is -0.504 e. The van der Waals surface area contributed by atoms with Crippen LogP contribution < -0.4 is 0 Å². The summed E-state index contributed by atoms with van der Waals surface area (Å²) in [6.45, 7) is 7.90. The van der Waals surface area contributed by atoms with Crippen molar-refractivity contribution in [2.45, 2.75) is 39.5 Å². The van der Waals surface area contributed by atoms with Crippen LogP contribution in [0.2, 0.25) is 0 Å². The minimum atomic E-state index is -0.638. The smallest absolute Gasteiger partial charge is 0.200 e. The summed E-state index contributed by atoms with van der Waals surface area (Å²) in [6, 6.07) is 9.43. The van der Waals surface area contributed by atoms with E-state index in [4.69, 9.17) is 0 Å². The van der Waals surface area contributed by atoms with E-state index in [0.717, 1.165) is 11.1 Å². The second kappa shape index (κ2) is 7.71. The average molecular weight is 410 g/mol.